The normalized spacial score (nSPS) is 17.6. The van der Waals surface area contributed by atoms with Crippen LogP contribution in [-0.4, -0.2) is 50.4 Å². The summed E-state index contributed by atoms with van der Waals surface area (Å²) < 4.78 is 14.3. The molecule has 2 heterocycles. The molecule has 1 saturated heterocycles. The van der Waals surface area contributed by atoms with E-state index in [1.807, 2.05) is 0 Å². The van der Waals surface area contributed by atoms with E-state index >= 15 is 0 Å². The fourth-order valence-corrected chi connectivity index (χ4v) is 2.89. The van der Waals surface area contributed by atoms with Crippen molar-refractivity contribution in [2.24, 2.45) is 0 Å². The van der Waals surface area contributed by atoms with Crippen LogP contribution in [-0.2, 0) is 9.53 Å². The Morgan fingerprint density at radius 3 is 2.18 bits per heavy atom. The average Bonchev–Trinajstić information content (AvgIpc) is 3.47. The molecule has 28 heavy (non-hydrogen) atoms. The largest absolute Gasteiger partial charge is 0.493 e. The molecule has 1 aliphatic heterocycles. The highest BCUT2D eigenvalue weighted by atomic mass is 16.5. The van der Waals surface area contributed by atoms with Crippen molar-refractivity contribution in [3.8, 4) is 11.5 Å². The molecule has 0 bridgehead atoms. The Morgan fingerprint density at radius 1 is 1.11 bits per heavy atom. The molecule has 1 aromatic carbocycles. The number of hydrogen-bond acceptors (Lipinski definition) is 7. The first-order valence-electron chi connectivity index (χ1n) is 9.39. The van der Waals surface area contributed by atoms with Crippen molar-refractivity contribution >= 4 is 17.4 Å². The number of methoxy groups -OCH3 is 3. The van der Waals surface area contributed by atoms with E-state index in [9.17, 15) is 4.79 Å². The van der Waals surface area contributed by atoms with Crippen molar-refractivity contribution < 1.29 is 19.0 Å². The van der Waals surface area contributed by atoms with Crippen molar-refractivity contribution in [2.45, 2.75) is 44.6 Å². The zero-order valence-corrected chi connectivity index (χ0v) is 16.9. The molecule has 2 fully saturated rings. The Hall–Kier alpha value is -2.61. The van der Waals surface area contributed by atoms with Crippen LogP contribution in [0.1, 0.15) is 44.3 Å². The van der Waals surface area contributed by atoms with Crippen LogP contribution in [0.5, 0.6) is 11.5 Å². The number of rotatable bonds is 4. The Balaban J connectivity index is 0.000000232. The number of hydrogen-bond donors (Lipinski definition) is 2. The lowest BCUT2D eigenvalue weighted by Gasteiger charge is -2.09. The van der Waals surface area contributed by atoms with Crippen molar-refractivity contribution in [3.05, 3.63) is 28.3 Å². The van der Waals surface area contributed by atoms with Crippen LogP contribution in [0.25, 0.3) is 10.9 Å². The number of carbonyl (C=O) groups excluding carboxylic acids is 1. The first kappa shape index (κ1) is 21.7. The third kappa shape index (κ3) is 5.95. The van der Waals surface area contributed by atoms with Crippen molar-refractivity contribution in [3.63, 3.8) is 0 Å². The molecule has 1 unspecified atom stereocenters. The van der Waals surface area contributed by atoms with Crippen LogP contribution in [0.15, 0.2) is 16.9 Å². The predicted octanol–water partition coefficient (Wildman–Crippen LogP) is 2.37. The zero-order valence-electron chi connectivity index (χ0n) is 16.9. The number of aromatic amines is 1. The number of aromatic nitrogens is 2. The molecule has 2 aromatic rings. The van der Waals surface area contributed by atoms with Gasteiger partial charge in [-0.3, -0.25) is 9.59 Å². The molecular formula is C20H29N3O5. The van der Waals surface area contributed by atoms with Gasteiger partial charge < -0.3 is 24.5 Å². The van der Waals surface area contributed by atoms with E-state index in [1.54, 1.807) is 26.4 Å². The van der Waals surface area contributed by atoms with Gasteiger partial charge >= 0.3 is 0 Å². The summed E-state index contributed by atoms with van der Waals surface area (Å²) in [7, 11) is 4.43. The van der Waals surface area contributed by atoms with E-state index in [4.69, 9.17) is 14.3 Å². The van der Waals surface area contributed by atoms with Crippen molar-refractivity contribution in [2.75, 3.05) is 27.9 Å². The quantitative estimate of drug-likeness (QED) is 0.771. The summed E-state index contributed by atoms with van der Waals surface area (Å²) >= 11 is 0. The minimum absolute atomic E-state index is 0.122. The van der Waals surface area contributed by atoms with Gasteiger partial charge in [0.25, 0.3) is 12.0 Å². The van der Waals surface area contributed by atoms with Crippen LogP contribution < -0.4 is 20.3 Å². The first-order valence-corrected chi connectivity index (χ1v) is 9.39. The second kappa shape index (κ2) is 10.7. The highest BCUT2D eigenvalue weighted by Gasteiger charge is 2.26. The van der Waals surface area contributed by atoms with Crippen molar-refractivity contribution in [1.29, 1.82) is 0 Å². The Kier molecular flexibility index (Phi) is 8.25. The van der Waals surface area contributed by atoms with E-state index in [0.717, 1.165) is 24.7 Å². The molecule has 2 N–H and O–H groups in total. The van der Waals surface area contributed by atoms with E-state index in [-0.39, 0.29) is 5.56 Å². The van der Waals surface area contributed by atoms with E-state index in [0.29, 0.717) is 34.8 Å². The number of nitrogens with zero attached hydrogens (tertiary/aromatic N) is 1. The summed E-state index contributed by atoms with van der Waals surface area (Å²) in [6, 6.07) is 4.20. The van der Waals surface area contributed by atoms with E-state index in [1.165, 1.54) is 26.5 Å². The molecule has 0 radical (unpaired) electrons. The van der Waals surface area contributed by atoms with Crippen LogP contribution in [0, 0.1) is 0 Å². The van der Waals surface area contributed by atoms with Gasteiger partial charge in [-0.2, -0.15) is 0 Å². The monoisotopic (exact) mass is 391 g/mol. The topological polar surface area (TPSA) is 103 Å². The standard InChI is InChI=1S/C13H14N2O3.C5H11N.C2H4O2/c1-17-10-5-8-9(6-11(10)18-2)14-12(7-3-4-7)15-13(8)16;1-5-3-2-4-6-5;1-4-2-3/h5-7H,3-4H2,1-2H3,(H,14,15,16);5-6H,2-4H2,1H3;2H,1H3. The molecule has 1 saturated carbocycles. The summed E-state index contributed by atoms with van der Waals surface area (Å²) in [6.45, 7) is 3.84. The zero-order chi connectivity index (χ0) is 20.5. The van der Waals surface area contributed by atoms with Crippen LogP contribution in [0.3, 0.4) is 0 Å². The van der Waals surface area contributed by atoms with Gasteiger partial charge in [0.1, 0.15) is 5.82 Å². The van der Waals surface area contributed by atoms with Crippen LogP contribution in [0.4, 0.5) is 0 Å². The SMILES string of the molecule is CC1CCCN1.COC=O.COc1cc2nc(C3CC3)[nH]c(=O)c2cc1OC. The molecule has 8 heteroatoms. The minimum atomic E-state index is -0.122. The van der Waals surface area contributed by atoms with Crippen molar-refractivity contribution in [1.82, 2.24) is 15.3 Å². The second-order valence-electron chi connectivity index (χ2n) is 6.78. The van der Waals surface area contributed by atoms with Crippen LogP contribution >= 0.6 is 0 Å². The molecule has 0 amide bonds. The number of ether oxygens (including phenoxy) is 3. The van der Waals surface area contributed by atoms with E-state index in [2.05, 4.69) is 26.9 Å². The number of H-pyrrole nitrogens is 1. The van der Waals surface area contributed by atoms with Gasteiger partial charge in [0.05, 0.1) is 32.2 Å². The third-order valence-corrected chi connectivity index (χ3v) is 4.60. The molecule has 154 valence electrons. The first-order chi connectivity index (χ1) is 13.5. The maximum atomic E-state index is 12.0. The van der Waals surface area contributed by atoms with E-state index < -0.39 is 0 Å². The summed E-state index contributed by atoms with van der Waals surface area (Å²) in [6.07, 6.45) is 4.95. The lowest BCUT2D eigenvalue weighted by molar-refractivity contribution is -0.126. The summed E-state index contributed by atoms with van der Waals surface area (Å²) in [5, 5.41) is 3.84. The summed E-state index contributed by atoms with van der Waals surface area (Å²) in [5.74, 6) is 2.32. The van der Waals surface area contributed by atoms with Gasteiger partial charge in [0.15, 0.2) is 11.5 Å². The fourth-order valence-electron chi connectivity index (χ4n) is 2.89. The molecule has 4 rings (SSSR count). The fraction of sp³-hybridized carbons (Fsp3) is 0.550. The van der Waals surface area contributed by atoms with Crippen LogP contribution in [0.2, 0.25) is 0 Å². The summed E-state index contributed by atoms with van der Waals surface area (Å²) in [4.78, 5) is 28.3. The van der Waals surface area contributed by atoms with Gasteiger partial charge in [-0.25, -0.2) is 4.98 Å². The van der Waals surface area contributed by atoms with Gasteiger partial charge in [-0.05, 0) is 45.2 Å². The number of carbonyl (C=O) groups is 1. The van der Waals surface area contributed by atoms with Gasteiger partial charge in [0, 0.05) is 18.0 Å². The summed E-state index contributed by atoms with van der Waals surface area (Å²) in [5.41, 5.74) is 0.529. The second-order valence-corrected chi connectivity index (χ2v) is 6.78. The Labute approximate surface area is 164 Å². The lowest BCUT2D eigenvalue weighted by Crippen LogP contribution is -2.16. The molecule has 8 nitrogen and oxygen atoms in total. The smallest absolute Gasteiger partial charge is 0.292 e. The Bertz CT molecular complexity index is 826. The molecule has 0 spiro atoms. The lowest BCUT2D eigenvalue weighted by atomic mass is 10.2. The number of fused-ring (bicyclic) bond motifs is 1. The maximum Gasteiger partial charge on any atom is 0.292 e. The molecular weight excluding hydrogens is 362 g/mol. The van der Waals surface area contributed by atoms with Gasteiger partial charge in [0.2, 0.25) is 0 Å². The number of benzene rings is 1. The highest BCUT2D eigenvalue weighted by molar-refractivity contribution is 5.81. The van der Waals surface area contributed by atoms with Gasteiger partial charge in [-0.15, -0.1) is 0 Å². The molecule has 1 aliphatic carbocycles. The highest BCUT2D eigenvalue weighted by Crippen LogP contribution is 2.38. The van der Waals surface area contributed by atoms with Gasteiger partial charge in [-0.1, -0.05) is 0 Å². The average molecular weight is 391 g/mol. The minimum Gasteiger partial charge on any atom is -0.493 e. The number of nitrogens with one attached hydrogen (secondary N) is 2. The maximum absolute atomic E-state index is 12.0. The molecule has 2 aliphatic rings. The predicted molar refractivity (Wildman–Crippen MR) is 107 cm³/mol. The Morgan fingerprint density at radius 2 is 1.75 bits per heavy atom. The third-order valence-electron chi connectivity index (χ3n) is 4.60. The molecule has 1 atom stereocenters. The molecule has 1 aromatic heterocycles.